The van der Waals surface area contributed by atoms with E-state index in [0.29, 0.717) is 0 Å². The molecule has 0 saturated carbocycles. The molecule has 1 aromatic carbocycles. The van der Waals surface area contributed by atoms with Crippen LogP contribution in [0.3, 0.4) is 0 Å². The molecule has 1 amide bonds. The number of nitrogens with zero attached hydrogens (tertiary/aromatic N) is 5. The van der Waals surface area contributed by atoms with Crippen LogP contribution < -0.4 is 10.2 Å². The van der Waals surface area contributed by atoms with Gasteiger partial charge in [0.1, 0.15) is 11.8 Å². The van der Waals surface area contributed by atoms with E-state index in [2.05, 4.69) is 48.2 Å². The molecule has 0 bridgehead atoms. The summed E-state index contributed by atoms with van der Waals surface area (Å²) in [5.74, 6) is -5.71. The number of aromatic amines is 1. The van der Waals surface area contributed by atoms with Crippen molar-refractivity contribution in [1.29, 1.82) is 5.26 Å². The molecule has 2 aromatic rings. The quantitative estimate of drug-likeness (QED) is 0.302. The second-order valence-electron chi connectivity index (χ2n) is 11.3. The van der Waals surface area contributed by atoms with Crippen molar-refractivity contribution < 1.29 is 55.7 Å². The van der Waals surface area contributed by atoms with Crippen molar-refractivity contribution >= 4 is 34.8 Å². The predicted octanol–water partition coefficient (Wildman–Crippen LogP) is 4.21. The van der Waals surface area contributed by atoms with Gasteiger partial charge in [-0.15, -0.1) is 0 Å². The molecular formula is C31H37F6N7O6. The number of ether oxygens (including phenoxy) is 1. The van der Waals surface area contributed by atoms with Crippen LogP contribution in [-0.2, 0) is 14.3 Å². The van der Waals surface area contributed by atoms with Crippen LogP contribution in [-0.4, -0.2) is 126 Å². The molecule has 274 valence electrons. The number of imidazole rings is 1. The summed E-state index contributed by atoms with van der Waals surface area (Å²) in [6, 6.07) is 8.33. The first-order chi connectivity index (χ1) is 23.6. The highest BCUT2D eigenvalue weighted by Crippen LogP contribution is 2.35. The Bertz CT molecular complexity index is 1500. The summed E-state index contributed by atoms with van der Waals surface area (Å²) in [6.07, 6.45) is -2.03. The van der Waals surface area contributed by atoms with Crippen molar-refractivity contribution in [2.75, 3.05) is 75.8 Å². The van der Waals surface area contributed by atoms with Crippen molar-refractivity contribution in [2.24, 2.45) is 0 Å². The number of nitrogens with one attached hydrogen (secondary N) is 2. The molecular weight excluding hydrogens is 680 g/mol. The van der Waals surface area contributed by atoms with E-state index in [9.17, 15) is 31.1 Å². The average Bonchev–Trinajstić information content (AvgIpc) is 3.58. The van der Waals surface area contributed by atoms with Crippen LogP contribution in [0.5, 0.6) is 0 Å². The van der Waals surface area contributed by atoms with Gasteiger partial charge in [-0.1, -0.05) is 6.08 Å². The van der Waals surface area contributed by atoms with Crippen molar-refractivity contribution in [3.63, 3.8) is 0 Å². The lowest BCUT2D eigenvalue weighted by Crippen LogP contribution is -2.49. The van der Waals surface area contributed by atoms with Crippen LogP contribution in [0.15, 0.2) is 30.5 Å². The van der Waals surface area contributed by atoms with Crippen molar-refractivity contribution in [3.05, 3.63) is 47.6 Å². The number of alkyl halides is 6. The van der Waals surface area contributed by atoms with E-state index in [1.165, 1.54) is 23.9 Å². The fourth-order valence-electron chi connectivity index (χ4n) is 5.20. The Balaban J connectivity index is 0.000000408. The van der Waals surface area contributed by atoms with Gasteiger partial charge in [0.15, 0.2) is 5.82 Å². The number of hydrogen-bond donors (Lipinski definition) is 4. The number of hydrogen-bond acceptors (Lipinski definition) is 9. The Kier molecular flexibility index (Phi) is 14.6. The van der Waals surface area contributed by atoms with Gasteiger partial charge in [-0.2, -0.15) is 31.6 Å². The molecule has 0 unspecified atom stereocenters. The third kappa shape index (κ3) is 12.7. The van der Waals surface area contributed by atoms with E-state index >= 15 is 0 Å². The molecule has 0 radical (unpaired) electrons. The van der Waals surface area contributed by atoms with Gasteiger partial charge in [-0.25, -0.2) is 14.6 Å². The summed E-state index contributed by atoms with van der Waals surface area (Å²) >= 11 is 0. The highest BCUT2D eigenvalue weighted by molar-refractivity contribution is 6.03. The molecule has 0 spiro atoms. The maximum absolute atomic E-state index is 12.8. The Morgan fingerprint density at radius 2 is 1.50 bits per heavy atom. The number of aliphatic carboxylic acids is 2. The first-order valence-electron chi connectivity index (χ1n) is 15.6. The number of rotatable bonds is 7. The second-order valence-corrected chi connectivity index (χ2v) is 11.3. The number of nitriles is 1. The van der Waals surface area contributed by atoms with Crippen molar-refractivity contribution in [1.82, 2.24) is 19.8 Å². The second kappa shape index (κ2) is 18.4. The van der Waals surface area contributed by atoms with Crippen LogP contribution in [0.2, 0.25) is 0 Å². The third-order valence-corrected chi connectivity index (χ3v) is 7.86. The largest absolute Gasteiger partial charge is 0.490 e. The number of piperazine rings is 1. The van der Waals surface area contributed by atoms with Crippen LogP contribution in [0, 0.1) is 11.3 Å². The predicted molar refractivity (Wildman–Crippen MR) is 167 cm³/mol. The number of halogens is 6. The number of carboxylic acid groups (broad SMARTS) is 2. The molecule has 50 heavy (non-hydrogen) atoms. The zero-order chi connectivity index (χ0) is 36.9. The van der Waals surface area contributed by atoms with E-state index < -0.39 is 24.3 Å². The first kappa shape index (κ1) is 39.8. The zero-order valence-electron chi connectivity index (χ0n) is 26.8. The Labute approximate surface area is 283 Å². The molecule has 13 nitrogen and oxygen atoms in total. The molecule has 1 aromatic heterocycles. The Hall–Kier alpha value is -4.67. The highest BCUT2D eigenvalue weighted by atomic mass is 19.4. The number of morpholine rings is 1. The number of carbonyl (C=O) groups excluding carboxylic acids is 1. The standard InChI is InChI=1S/C27H35N7O2.2C2HF3O2/c28-19-22-20-29-26(30-22)27(35)31-25-7-6-23(18-24(25)21-4-2-1-3-5-21)34-12-10-32(11-13-34)8-9-33-14-16-36-17-15-33;2*3-2(4,5)1(6)7/h4,6-7,18,20H,1-3,5,8-17H2,(H,29,30)(H,31,35);2*(H,6,7). The van der Waals surface area contributed by atoms with Gasteiger partial charge in [-0.3, -0.25) is 14.6 Å². The topological polar surface area (TPSA) is 175 Å². The van der Waals surface area contributed by atoms with Crippen molar-refractivity contribution in [2.45, 2.75) is 38.0 Å². The molecule has 19 heteroatoms. The molecule has 3 heterocycles. The average molecular weight is 718 g/mol. The van der Waals surface area contributed by atoms with Gasteiger partial charge in [-0.05, 0) is 49.5 Å². The van der Waals surface area contributed by atoms with Gasteiger partial charge in [0.05, 0.1) is 19.4 Å². The van der Waals surface area contributed by atoms with E-state index in [0.717, 1.165) is 96.1 Å². The number of benzene rings is 1. The molecule has 2 aliphatic heterocycles. The number of anilines is 2. The van der Waals surface area contributed by atoms with E-state index in [4.69, 9.17) is 29.8 Å². The summed E-state index contributed by atoms with van der Waals surface area (Å²) < 4.78 is 68.9. The molecule has 4 N–H and O–H groups in total. The van der Waals surface area contributed by atoms with Gasteiger partial charge in [0, 0.05) is 69.3 Å². The van der Waals surface area contributed by atoms with E-state index in [1.807, 2.05) is 12.1 Å². The van der Waals surface area contributed by atoms with Crippen LogP contribution >= 0.6 is 0 Å². The minimum Gasteiger partial charge on any atom is -0.475 e. The smallest absolute Gasteiger partial charge is 0.475 e. The maximum Gasteiger partial charge on any atom is 0.490 e. The molecule has 2 fully saturated rings. The molecule has 5 rings (SSSR count). The molecule has 3 aliphatic rings. The lowest BCUT2D eigenvalue weighted by atomic mass is 9.92. The number of aromatic nitrogens is 2. The zero-order valence-corrected chi connectivity index (χ0v) is 26.8. The molecule has 0 atom stereocenters. The summed E-state index contributed by atoms with van der Waals surface area (Å²) in [6.45, 7) is 10.1. The first-order valence-corrected chi connectivity index (χ1v) is 15.6. The van der Waals surface area contributed by atoms with E-state index in [-0.39, 0.29) is 17.4 Å². The number of amides is 1. The number of carbonyl (C=O) groups is 3. The number of allylic oxidation sites excluding steroid dienone is 2. The van der Waals surface area contributed by atoms with E-state index in [1.54, 1.807) is 0 Å². The van der Waals surface area contributed by atoms with Crippen molar-refractivity contribution in [3.8, 4) is 6.07 Å². The minimum atomic E-state index is -5.08. The number of H-pyrrole nitrogens is 1. The normalized spacial score (nSPS) is 17.2. The lowest BCUT2D eigenvalue weighted by Gasteiger charge is -2.37. The Morgan fingerprint density at radius 3 is 2.00 bits per heavy atom. The monoisotopic (exact) mass is 717 g/mol. The SMILES string of the molecule is N#Cc1cnc(C(=O)Nc2ccc(N3CCN(CCN4CCOCC4)CC3)cc2C2=CCCCC2)[nH]1.O=C(O)C(F)(F)F.O=C(O)C(F)(F)F. The molecule has 1 aliphatic carbocycles. The molecule has 2 saturated heterocycles. The lowest BCUT2D eigenvalue weighted by molar-refractivity contribution is -0.193. The van der Waals surface area contributed by atoms with Crippen LogP contribution in [0.4, 0.5) is 37.7 Å². The maximum atomic E-state index is 12.8. The van der Waals surface area contributed by atoms with Gasteiger partial charge in [0.2, 0.25) is 0 Å². The highest BCUT2D eigenvalue weighted by Gasteiger charge is 2.39. The van der Waals surface area contributed by atoms with Crippen LogP contribution in [0.25, 0.3) is 5.57 Å². The summed E-state index contributed by atoms with van der Waals surface area (Å²) in [5, 5.41) is 26.3. The fraction of sp³-hybridized carbons (Fsp3) is 0.516. The third-order valence-electron chi connectivity index (χ3n) is 7.86. The summed E-state index contributed by atoms with van der Waals surface area (Å²) in [7, 11) is 0. The van der Waals surface area contributed by atoms with Gasteiger partial charge >= 0.3 is 24.3 Å². The summed E-state index contributed by atoms with van der Waals surface area (Å²) in [4.78, 5) is 44.9. The van der Waals surface area contributed by atoms with Gasteiger partial charge < -0.3 is 30.2 Å². The number of carboxylic acids is 2. The minimum absolute atomic E-state index is 0.146. The van der Waals surface area contributed by atoms with Crippen LogP contribution in [0.1, 0.15) is 47.6 Å². The summed E-state index contributed by atoms with van der Waals surface area (Å²) in [5.41, 5.74) is 4.64. The van der Waals surface area contributed by atoms with Gasteiger partial charge in [0.25, 0.3) is 5.91 Å². The fourth-order valence-corrected chi connectivity index (χ4v) is 5.20. The Morgan fingerprint density at radius 1 is 0.920 bits per heavy atom.